The first-order chi connectivity index (χ1) is 11.4. The van der Waals surface area contributed by atoms with Crippen molar-refractivity contribution in [1.82, 2.24) is 0 Å². The summed E-state index contributed by atoms with van der Waals surface area (Å²) in [6, 6.07) is 13.1. The molecule has 2 atom stereocenters. The van der Waals surface area contributed by atoms with E-state index in [1.165, 1.54) is 0 Å². The highest BCUT2D eigenvalue weighted by Gasteiger charge is 2.18. The van der Waals surface area contributed by atoms with Crippen molar-refractivity contribution in [3.63, 3.8) is 0 Å². The van der Waals surface area contributed by atoms with E-state index in [1.807, 2.05) is 24.3 Å². The van der Waals surface area contributed by atoms with E-state index in [0.29, 0.717) is 16.7 Å². The molecule has 1 N–H and O–H groups in total. The number of nitrogens with one attached hydrogen (secondary N) is 1. The lowest BCUT2D eigenvalue weighted by atomic mass is 9.97. The molecule has 0 radical (unpaired) electrons. The Hall–Kier alpha value is -1.52. The molecule has 128 valence electrons. The van der Waals surface area contributed by atoms with Crippen LogP contribution >= 0.6 is 27.5 Å². The molecule has 2 rings (SSSR count). The van der Waals surface area contributed by atoms with Gasteiger partial charge in [-0.1, -0.05) is 43.6 Å². The summed E-state index contributed by atoms with van der Waals surface area (Å²) in [5.41, 5.74) is 1.97. The number of hydrogen-bond acceptors (Lipinski definition) is 2. The van der Waals surface area contributed by atoms with Gasteiger partial charge in [0.05, 0.1) is 4.47 Å². The van der Waals surface area contributed by atoms with Crippen LogP contribution in [0.5, 0.6) is 5.75 Å². The van der Waals surface area contributed by atoms with Crippen LogP contribution in [0.1, 0.15) is 38.7 Å². The molecule has 2 aromatic carbocycles. The summed E-state index contributed by atoms with van der Waals surface area (Å²) in [6.45, 7) is 6.01. The summed E-state index contributed by atoms with van der Waals surface area (Å²) in [7, 11) is 0. The molecule has 0 fully saturated rings. The highest BCUT2D eigenvalue weighted by molar-refractivity contribution is 9.10. The largest absolute Gasteiger partial charge is 0.480 e. The Balaban J connectivity index is 2.09. The smallest absolute Gasteiger partial charge is 0.265 e. The summed E-state index contributed by atoms with van der Waals surface area (Å²) >= 11 is 9.31. The van der Waals surface area contributed by atoms with Crippen molar-refractivity contribution in [2.75, 3.05) is 5.32 Å². The van der Waals surface area contributed by atoms with E-state index in [-0.39, 0.29) is 5.91 Å². The van der Waals surface area contributed by atoms with Gasteiger partial charge in [-0.05, 0) is 65.0 Å². The number of benzene rings is 2. The van der Waals surface area contributed by atoms with E-state index in [9.17, 15) is 4.79 Å². The maximum atomic E-state index is 12.5. The molecule has 0 unspecified atom stereocenters. The van der Waals surface area contributed by atoms with E-state index in [0.717, 1.165) is 22.1 Å². The standard InChI is InChI=1S/C19H21BrClNO2/c1-4-12(2)15-7-5-6-8-17(15)22-19(23)13(3)24-18-10-9-14(21)11-16(18)20/h5-13H,4H2,1-3H3,(H,22,23)/t12-,13+/m0/s1. The molecule has 5 heteroatoms. The average molecular weight is 411 g/mol. The summed E-state index contributed by atoms with van der Waals surface area (Å²) in [6.07, 6.45) is 0.379. The third-order valence-corrected chi connectivity index (χ3v) is 4.78. The molecule has 0 aromatic heterocycles. The molecule has 2 aromatic rings. The topological polar surface area (TPSA) is 38.3 Å². The molecule has 0 saturated carbocycles. The molecule has 0 aliphatic carbocycles. The lowest BCUT2D eigenvalue weighted by Gasteiger charge is -2.19. The van der Waals surface area contributed by atoms with Crippen molar-refractivity contribution in [2.24, 2.45) is 0 Å². The fourth-order valence-electron chi connectivity index (χ4n) is 2.31. The first-order valence-corrected chi connectivity index (χ1v) is 9.11. The van der Waals surface area contributed by atoms with Crippen molar-refractivity contribution >= 4 is 39.1 Å². The molecule has 0 heterocycles. The molecule has 3 nitrogen and oxygen atoms in total. The summed E-state index contributed by atoms with van der Waals surface area (Å²) in [5.74, 6) is 0.771. The molecular weight excluding hydrogens is 390 g/mol. The lowest BCUT2D eigenvalue weighted by Crippen LogP contribution is -2.30. The minimum Gasteiger partial charge on any atom is -0.480 e. The van der Waals surface area contributed by atoms with Gasteiger partial charge in [0.25, 0.3) is 5.91 Å². The van der Waals surface area contributed by atoms with Crippen molar-refractivity contribution in [2.45, 2.75) is 39.2 Å². The second-order valence-corrected chi connectivity index (χ2v) is 7.01. The fourth-order valence-corrected chi connectivity index (χ4v) is 3.09. The third-order valence-electron chi connectivity index (χ3n) is 3.93. The number of rotatable bonds is 6. The molecule has 0 bridgehead atoms. The van der Waals surface area contributed by atoms with Crippen LogP contribution in [0.25, 0.3) is 0 Å². The molecule has 0 aliphatic heterocycles. The van der Waals surface area contributed by atoms with E-state index in [4.69, 9.17) is 16.3 Å². The van der Waals surface area contributed by atoms with Gasteiger partial charge in [-0.3, -0.25) is 4.79 Å². The Morgan fingerprint density at radius 2 is 1.96 bits per heavy atom. The van der Waals surface area contributed by atoms with Gasteiger partial charge < -0.3 is 10.1 Å². The molecule has 0 spiro atoms. The Kier molecular flexibility index (Phi) is 6.69. The monoisotopic (exact) mass is 409 g/mol. The predicted molar refractivity (Wildman–Crippen MR) is 103 cm³/mol. The number of anilines is 1. The number of carbonyl (C=O) groups excluding carboxylic acids is 1. The molecule has 0 aliphatic rings. The summed E-state index contributed by atoms with van der Waals surface area (Å²) in [4.78, 5) is 12.5. The zero-order valence-corrected chi connectivity index (χ0v) is 16.3. The van der Waals surface area contributed by atoms with Gasteiger partial charge in [-0.2, -0.15) is 0 Å². The van der Waals surface area contributed by atoms with Crippen LogP contribution in [0.15, 0.2) is 46.9 Å². The highest BCUT2D eigenvalue weighted by Crippen LogP contribution is 2.30. The average Bonchev–Trinajstić information content (AvgIpc) is 2.57. The van der Waals surface area contributed by atoms with Gasteiger partial charge in [0.1, 0.15) is 5.75 Å². The molecule has 0 saturated heterocycles. The highest BCUT2D eigenvalue weighted by atomic mass is 79.9. The number of ether oxygens (including phenoxy) is 1. The number of hydrogen-bond donors (Lipinski definition) is 1. The first-order valence-electron chi connectivity index (χ1n) is 7.93. The minimum atomic E-state index is -0.632. The van der Waals surface area contributed by atoms with Crippen molar-refractivity contribution in [1.29, 1.82) is 0 Å². The van der Waals surface area contributed by atoms with Crippen LogP contribution in [0.3, 0.4) is 0 Å². The molecule has 1 amide bonds. The van der Waals surface area contributed by atoms with Crippen molar-refractivity contribution in [3.05, 3.63) is 57.5 Å². The van der Waals surface area contributed by atoms with Gasteiger partial charge in [-0.25, -0.2) is 0 Å². The van der Waals surface area contributed by atoms with E-state index < -0.39 is 6.10 Å². The number of para-hydroxylation sites is 1. The Morgan fingerprint density at radius 3 is 2.62 bits per heavy atom. The van der Waals surface area contributed by atoms with Gasteiger partial charge in [0.15, 0.2) is 6.10 Å². The van der Waals surface area contributed by atoms with Crippen LogP contribution < -0.4 is 10.1 Å². The Bertz CT molecular complexity index is 720. The van der Waals surface area contributed by atoms with Crippen molar-refractivity contribution < 1.29 is 9.53 Å². The fraction of sp³-hybridized carbons (Fsp3) is 0.316. The lowest BCUT2D eigenvalue weighted by molar-refractivity contribution is -0.122. The Labute approximate surface area is 156 Å². The maximum absolute atomic E-state index is 12.5. The Morgan fingerprint density at radius 1 is 1.25 bits per heavy atom. The van der Waals surface area contributed by atoms with Crippen molar-refractivity contribution in [3.8, 4) is 5.75 Å². The van der Waals surface area contributed by atoms with Crippen LogP contribution in [-0.2, 0) is 4.79 Å². The maximum Gasteiger partial charge on any atom is 0.265 e. The van der Waals surface area contributed by atoms with Gasteiger partial charge in [-0.15, -0.1) is 0 Å². The van der Waals surface area contributed by atoms with Crippen LogP contribution in [0, 0.1) is 0 Å². The van der Waals surface area contributed by atoms with Gasteiger partial charge >= 0.3 is 0 Å². The van der Waals surface area contributed by atoms with E-state index >= 15 is 0 Å². The summed E-state index contributed by atoms with van der Waals surface area (Å²) in [5, 5.41) is 3.58. The van der Waals surface area contributed by atoms with Crippen LogP contribution in [0.2, 0.25) is 5.02 Å². The van der Waals surface area contributed by atoms with Gasteiger partial charge in [0.2, 0.25) is 0 Å². The van der Waals surface area contributed by atoms with E-state index in [1.54, 1.807) is 25.1 Å². The zero-order valence-electron chi connectivity index (χ0n) is 14.0. The van der Waals surface area contributed by atoms with Crippen LogP contribution in [-0.4, -0.2) is 12.0 Å². The van der Waals surface area contributed by atoms with E-state index in [2.05, 4.69) is 35.1 Å². The number of carbonyl (C=O) groups is 1. The SMILES string of the molecule is CC[C@H](C)c1ccccc1NC(=O)[C@@H](C)Oc1ccc(Cl)cc1Br. The third kappa shape index (κ3) is 4.74. The molecular formula is C19H21BrClNO2. The normalized spacial score (nSPS) is 13.2. The predicted octanol–water partition coefficient (Wildman–Crippen LogP) is 6.02. The quantitative estimate of drug-likeness (QED) is 0.632. The zero-order chi connectivity index (χ0) is 17.7. The number of halogens is 2. The minimum absolute atomic E-state index is 0.187. The summed E-state index contributed by atoms with van der Waals surface area (Å²) < 4.78 is 6.46. The second kappa shape index (κ2) is 8.54. The van der Waals surface area contributed by atoms with Crippen LogP contribution in [0.4, 0.5) is 5.69 Å². The second-order valence-electron chi connectivity index (χ2n) is 5.72. The molecule has 24 heavy (non-hydrogen) atoms. The van der Waals surface area contributed by atoms with Gasteiger partial charge in [0, 0.05) is 10.7 Å². The number of amides is 1. The first kappa shape index (κ1) is 18.8.